The summed E-state index contributed by atoms with van der Waals surface area (Å²) >= 11 is 0. The van der Waals surface area contributed by atoms with Crippen LogP contribution in [0.2, 0.25) is 0 Å². The Balaban J connectivity index is 1.99. The van der Waals surface area contributed by atoms with Crippen LogP contribution < -0.4 is 15.7 Å². The zero-order chi connectivity index (χ0) is 14.7. The van der Waals surface area contributed by atoms with Gasteiger partial charge in [-0.15, -0.1) is 0 Å². The molecule has 0 atom stereocenters. The molecule has 0 bridgehead atoms. The number of nitrogens with zero attached hydrogens (tertiary/aromatic N) is 1. The number of nitrogens with one attached hydrogen (secondary N) is 2. The first kappa shape index (κ1) is 13.7. The van der Waals surface area contributed by atoms with Crippen molar-refractivity contribution in [3.8, 4) is 5.75 Å². The van der Waals surface area contributed by atoms with Crippen LogP contribution in [0.4, 0.5) is 5.69 Å². The Morgan fingerprint density at radius 2 is 2.05 bits per heavy atom. The van der Waals surface area contributed by atoms with Gasteiger partial charge >= 0.3 is 0 Å². The Kier molecular flexibility index (Phi) is 3.90. The van der Waals surface area contributed by atoms with E-state index in [4.69, 9.17) is 4.74 Å². The second kappa shape index (κ2) is 5.99. The Bertz CT molecular complexity index is 726. The van der Waals surface area contributed by atoms with E-state index in [0.29, 0.717) is 17.0 Å². The first-order valence-electron chi connectivity index (χ1n) is 7.29. The summed E-state index contributed by atoms with van der Waals surface area (Å²) in [4.78, 5) is 14.6. The molecule has 1 fully saturated rings. The maximum absolute atomic E-state index is 11.8. The smallest absolute Gasteiger partial charge is 0.250 e. The van der Waals surface area contributed by atoms with Gasteiger partial charge in [0.15, 0.2) is 0 Å². The molecule has 0 unspecified atom stereocenters. The van der Waals surface area contributed by atoms with E-state index in [-0.39, 0.29) is 5.56 Å². The van der Waals surface area contributed by atoms with Crippen molar-refractivity contribution >= 4 is 22.3 Å². The fourth-order valence-electron chi connectivity index (χ4n) is 2.73. The molecule has 1 aromatic carbocycles. The molecule has 2 N–H and O–H groups in total. The number of hydrazone groups is 1. The molecule has 3 rings (SSSR count). The van der Waals surface area contributed by atoms with Gasteiger partial charge in [0.1, 0.15) is 5.75 Å². The lowest BCUT2D eigenvalue weighted by Gasteiger charge is -2.13. The van der Waals surface area contributed by atoms with Crippen molar-refractivity contribution in [2.75, 3.05) is 12.5 Å². The van der Waals surface area contributed by atoms with Crippen molar-refractivity contribution in [2.45, 2.75) is 32.1 Å². The quantitative estimate of drug-likeness (QED) is 0.851. The average molecular weight is 285 g/mol. The van der Waals surface area contributed by atoms with Crippen molar-refractivity contribution in [3.63, 3.8) is 0 Å². The molecule has 0 amide bonds. The van der Waals surface area contributed by atoms with Gasteiger partial charge in [-0.1, -0.05) is 18.6 Å². The molecule has 110 valence electrons. The standard InChI is InChI=1S/C16H19N3O2/c1-21-14-9-5-8-12-13(10-15(20)17-16(12)14)19-18-11-6-3-2-4-7-11/h5,8-10H,2-4,6-7H2,1H3,(H2,17,19,20). The van der Waals surface area contributed by atoms with Crippen LogP contribution in [0.15, 0.2) is 34.2 Å². The zero-order valence-corrected chi connectivity index (χ0v) is 12.1. The minimum absolute atomic E-state index is 0.168. The van der Waals surface area contributed by atoms with Crippen LogP contribution in [0.1, 0.15) is 32.1 Å². The lowest BCUT2D eigenvalue weighted by molar-refractivity contribution is 0.419. The van der Waals surface area contributed by atoms with Crippen LogP contribution in [0.3, 0.4) is 0 Å². The number of rotatable bonds is 3. The van der Waals surface area contributed by atoms with E-state index < -0.39 is 0 Å². The number of para-hydroxylation sites is 1. The van der Waals surface area contributed by atoms with Gasteiger partial charge in [-0.2, -0.15) is 5.10 Å². The number of ether oxygens (including phenoxy) is 1. The molecule has 1 aliphatic rings. The molecular formula is C16H19N3O2. The third-order valence-corrected chi connectivity index (χ3v) is 3.83. The van der Waals surface area contributed by atoms with E-state index in [1.807, 2.05) is 18.2 Å². The number of aromatic nitrogens is 1. The number of aromatic amines is 1. The van der Waals surface area contributed by atoms with Gasteiger partial charge in [-0.3, -0.25) is 10.2 Å². The number of fused-ring (bicyclic) bond motifs is 1. The molecule has 5 heteroatoms. The van der Waals surface area contributed by atoms with Gasteiger partial charge in [0.2, 0.25) is 0 Å². The molecule has 1 heterocycles. The topological polar surface area (TPSA) is 66.5 Å². The van der Waals surface area contributed by atoms with E-state index in [1.165, 1.54) is 31.0 Å². The predicted molar refractivity (Wildman–Crippen MR) is 85.3 cm³/mol. The highest BCUT2D eigenvalue weighted by Crippen LogP contribution is 2.27. The van der Waals surface area contributed by atoms with Crippen molar-refractivity contribution in [3.05, 3.63) is 34.6 Å². The van der Waals surface area contributed by atoms with Crippen LogP contribution in [0.25, 0.3) is 10.9 Å². The first-order valence-corrected chi connectivity index (χ1v) is 7.29. The molecule has 0 saturated heterocycles. The number of benzene rings is 1. The fourth-order valence-corrected chi connectivity index (χ4v) is 2.73. The molecule has 0 spiro atoms. The number of pyridine rings is 1. The third kappa shape index (κ3) is 2.91. The van der Waals surface area contributed by atoms with Gasteiger partial charge < -0.3 is 9.72 Å². The lowest BCUT2D eigenvalue weighted by atomic mass is 9.99. The van der Waals surface area contributed by atoms with Crippen LogP contribution >= 0.6 is 0 Å². The van der Waals surface area contributed by atoms with Gasteiger partial charge in [0, 0.05) is 17.2 Å². The number of hydrogen-bond donors (Lipinski definition) is 2. The van der Waals surface area contributed by atoms with Crippen LogP contribution in [-0.2, 0) is 0 Å². The zero-order valence-electron chi connectivity index (χ0n) is 12.1. The minimum Gasteiger partial charge on any atom is -0.495 e. The van der Waals surface area contributed by atoms with E-state index in [0.717, 1.165) is 18.2 Å². The van der Waals surface area contributed by atoms with Crippen LogP contribution in [0, 0.1) is 0 Å². The number of anilines is 1. The number of methoxy groups -OCH3 is 1. The van der Waals surface area contributed by atoms with E-state index >= 15 is 0 Å². The Morgan fingerprint density at radius 1 is 1.24 bits per heavy atom. The molecule has 2 aromatic rings. The SMILES string of the molecule is COc1cccc2c(NN=C3CCCCC3)cc(=O)[nH]c12. The molecule has 21 heavy (non-hydrogen) atoms. The summed E-state index contributed by atoms with van der Waals surface area (Å²) in [5.41, 5.74) is 5.48. The molecule has 1 aromatic heterocycles. The summed E-state index contributed by atoms with van der Waals surface area (Å²) in [7, 11) is 1.59. The lowest BCUT2D eigenvalue weighted by Crippen LogP contribution is -2.10. The molecule has 5 nitrogen and oxygen atoms in total. The normalized spacial score (nSPS) is 15.0. The van der Waals surface area contributed by atoms with Crippen molar-refractivity contribution < 1.29 is 4.74 Å². The van der Waals surface area contributed by atoms with Gasteiger partial charge in [0.05, 0.1) is 18.3 Å². The minimum atomic E-state index is -0.168. The Hall–Kier alpha value is -2.30. The third-order valence-electron chi connectivity index (χ3n) is 3.83. The van der Waals surface area contributed by atoms with Crippen LogP contribution in [0.5, 0.6) is 5.75 Å². The fraction of sp³-hybridized carbons (Fsp3) is 0.375. The Morgan fingerprint density at radius 3 is 2.81 bits per heavy atom. The summed E-state index contributed by atoms with van der Waals surface area (Å²) in [5.74, 6) is 0.651. The molecule has 0 radical (unpaired) electrons. The highest BCUT2D eigenvalue weighted by molar-refractivity contribution is 5.95. The van der Waals surface area contributed by atoms with Crippen LogP contribution in [-0.4, -0.2) is 17.8 Å². The van der Waals surface area contributed by atoms with E-state index in [9.17, 15) is 4.79 Å². The maximum Gasteiger partial charge on any atom is 0.250 e. The number of H-pyrrole nitrogens is 1. The molecule has 0 aliphatic heterocycles. The summed E-state index contributed by atoms with van der Waals surface area (Å²) in [6.07, 6.45) is 5.76. The highest BCUT2D eigenvalue weighted by atomic mass is 16.5. The molecule has 1 saturated carbocycles. The van der Waals surface area contributed by atoms with Gasteiger partial charge in [-0.25, -0.2) is 0 Å². The maximum atomic E-state index is 11.8. The molecule has 1 aliphatic carbocycles. The monoisotopic (exact) mass is 285 g/mol. The number of hydrogen-bond acceptors (Lipinski definition) is 4. The second-order valence-electron chi connectivity index (χ2n) is 5.28. The summed E-state index contributed by atoms with van der Waals surface area (Å²) in [6.45, 7) is 0. The van der Waals surface area contributed by atoms with E-state index in [1.54, 1.807) is 7.11 Å². The van der Waals surface area contributed by atoms with Gasteiger partial charge in [0.25, 0.3) is 5.56 Å². The second-order valence-corrected chi connectivity index (χ2v) is 5.28. The van der Waals surface area contributed by atoms with Crippen molar-refractivity contribution in [1.82, 2.24) is 4.98 Å². The average Bonchev–Trinajstić information content (AvgIpc) is 2.53. The van der Waals surface area contributed by atoms with Gasteiger partial charge in [-0.05, 0) is 31.7 Å². The predicted octanol–water partition coefficient (Wildman–Crippen LogP) is 3.27. The summed E-state index contributed by atoms with van der Waals surface area (Å²) in [6, 6.07) is 7.21. The summed E-state index contributed by atoms with van der Waals surface area (Å²) < 4.78 is 5.30. The highest BCUT2D eigenvalue weighted by Gasteiger charge is 2.09. The first-order chi connectivity index (χ1) is 10.3. The summed E-state index contributed by atoms with van der Waals surface area (Å²) in [5, 5.41) is 5.37. The van der Waals surface area contributed by atoms with E-state index in [2.05, 4.69) is 15.5 Å². The molecular weight excluding hydrogens is 266 g/mol. The van der Waals surface area contributed by atoms with Crippen molar-refractivity contribution in [1.29, 1.82) is 0 Å². The Labute approximate surface area is 123 Å². The van der Waals surface area contributed by atoms with Crippen molar-refractivity contribution in [2.24, 2.45) is 5.10 Å². The largest absolute Gasteiger partial charge is 0.495 e.